The maximum Gasteiger partial charge on any atom is 0.573 e. The van der Waals surface area contributed by atoms with E-state index in [4.69, 9.17) is 14.2 Å². The minimum Gasteiger partial charge on any atom is -0.491 e. The van der Waals surface area contributed by atoms with Gasteiger partial charge in [0.15, 0.2) is 0 Å². The number of anilines is 2. The Morgan fingerprint density at radius 2 is 1.59 bits per heavy atom. The lowest BCUT2D eigenvalue weighted by atomic mass is 9.77. The largest absolute Gasteiger partial charge is 0.573 e. The van der Waals surface area contributed by atoms with Crippen molar-refractivity contribution in [3.05, 3.63) is 90.3 Å². The van der Waals surface area contributed by atoms with Crippen LogP contribution in [0.4, 0.5) is 24.7 Å². The summed E-state index contributed by atoms with van der Waals surface area (Å²) in [6.45, 7) is 3.69. The van der Waals surface area contributed by atoms with Crippen LogP contribution < -0.4 is 25.6 Å². The number of aromatic nitrogens is 2. The third-order valence-electron chi connectivity index (χ3n) is 6.37. The molecule has 0 bridgehead atoms. The second-order valence-electron chi connectivity index (χ2n) is 9.79. The second-order valence-corrected chi connectivity index (χ2v) is 9.79. The molecule has 46 heavy (non-hydrogen) atoms. The molecule has 15 heteroatoms. The Bertz CT molecular complexity index is 1580. The van der Waals surface area contributed by atoms with Crippen molar-refractivity contribution >= 4 is 30.0 Å². The fourth-order valence-corrected chi connectivity index (χ4v) is 4.20. The second kappa shape index (κ2) is 16.6. The lowest BCUT2D eigenvalue weighted by molar-refractivity contribution is -0.274. The van der Waals surface area contributed by atoms with Crippen molar-refractivity contribution in [1.82, 2.24) is 15.3 Å². The van der Waals surface area contributed by atoms with Gasteiger partial charge >= 0.3 is 13.5 Å². The van der Waals surface area contributed by atoms with Crippen LogP contribution in [0.5, 0.6) is 11.5 Å². The van der Waals surface area contributed by atoms with E-state index in [1.165, 1.54) is 30.6 Å². The number of aryl methyl sites for hydroxylation is 1. The van der Waals surface area contributed by atoms with Crippen LogP contribution in [-0.4, -0.2) is 79.0 Å². The zero-order chi connectivity index (χ0) is 32.9. The first-order valence-corrected chi connectivity index (χ1v) is 14.2. The predicted molar refractivity (Wildman–Crippen MR) is 164 cm³/mol. The summed E-state index contributed by atoms with van der Waals surface area (Å²) < 4.78 is 57.6. The summed E-state index contributed by atoms with van der Waals surface area (Å²) >= 11 is 0. The highest BCUT2D eigenvalue weighted by Crippen LogP contribution is 2.26. The number of benzene rings is 3. The number of hydrogen-bond donors (Lipinski definition) is 4. The van der Waals surface area contributed by atoms with Gasteiger partial charge in [0.2, 0.25) is 0 Å². The lowest BCUT2D eigenvalue weighted by Crippen LogP contribution is -2.31. The monoisotopic (exact) mass is 640 g/mol. The van der Waals surface area contributed by atoms with E-state index in [-0.39, 0.29) is 18.3 Å². The molecule has 0 saturated carbocycles. The Hall–Kier alpha value is -4.70. The standard InChI is InChI=1S/C31H32BF3N4O7/c1-21-17-26(9-10-27(21)32(41)42)45-16-15-44-14-13-43-12-11-36-30(40)23-4-2-3-22(18-23)28-19-29(38-20-37-28)39-24-5-7-25(8-6-24)46-31(33,34)35/h2-10,17-20,41-42H,11-16H2,1H3,(H,36,40)(H,37,38,39). The van der Waals surface area contributed by atoms with Gasteiger partial charge < -0.3 is 39.6 Å². The van der Waals surface area contributed by atoms with Gasteiger partial charge in [-0.05, 0) is 66.5 Å². The number of rotatable bonds is 16. The number of hydrogen-bond acceptors (Lipinski definition) is 10. The fraction of sp³-hybridized carbons (Fsp3) is 0.258. The highest BCUT2D eigenvalue weighted by atomic mass is 19.4. The summed E-state index contributed by atoms with van der Waals surface area (Å²) in [5.41, 5.74) is 3.26. The number of carbonyl (C=O) groups is 1. The van der Waals surface area contributed by atoms with Crippen molar-refractivity contribution in [2.24, 2.45) is 0 Å². The molecule has 0 atom stereocenters. The van der Waals surface area contributed by atoms with E-state index in [0.29, 0.717) is 78.1 Å². The molecule has 1 heterocycles. The van der Waals surface area contributed by atoms with E-state index < -0.39 is 13.5 Å². The van der Waals surface area contributed by atoms with E-state index in [2.05, 4.69) is 25.3 Å². The first kappa shape index (κ1) is 34.2. The quantitative estimate of drug-likeness (QED) is 0.106. The molecule has 0 aliphatic carbocycles. The topological polar surface area (TPSA) is 144 Å². The van der Waals surface area contributed by atoms with Crippen molar-refractivity contribution in [3.8, 4) is 22.8 Å². The SMILES string of the molecule is Cc1cc(OCCOCCOCCNC(=O)c2cccc(-c3cc(Nc4ccc(OC(F)(F)F)cc4)ncn3)c2)ccc1B(O)O. The van der Waals surface area contributed by atoms with Gasteiger partial charge in [-0.15, -0.1) is 13.2 Å². The van der Waals surface area contributed by atoms with Crippen molar-refractivity contribution in [2.45, 2.75) is 13.3 Å². The maximum absolute atomic E-state index is 12.7. The van der Waals surface area contributed by atoms with Crippen LogP contribution in [0.3, 0.4) is 0 Å². The van der Waals surface area contributed by atoms with Gasteiger partial charge in [0.05, 0.1) is 32.1 Å². The van der Waals surface area contributed by atoms with Crippen molar-refractivity contribution in [3.63, 3.8) is 0 Å². The van der Waals surface area contributed by atoms with Gasteiger partial charge in [-0.3, -0.25) is 4.79 Å². The van der Waals surface area contributed by atoms with E-state index in [9.17, 15) is 28.0 Å². The molecule has 1 amide bonds. The van der Waals surface area contributed by atoms with Gasteiger partial charge in [-0.2, -0.15) is 0 Å². The van der Waals surface area contributed by atoms with Gasteiger partial charge in [-0.1, -0.05) is 18.2 Å². The molecular formula is C31H32BF3N4O7. The zero-order valence-corrected chi connectivity index (χ0v) is 24.8. The number of halogens is 3. The molecule has 0 radical (unpaired) electrons. The molecule has 0 aliphatic rings. The molecule has 0 spiro atoms. The van der Waals surface area contributed by atoms with Crippen LogP contribution in [-0.2, 0) is 9.47 Å². The number of alkyl halides is 3. The van der Waals surface area contributed by atoms with Gasteiger partial charge in [-0.25, -0.2) is 9.97 Å². The Morgan fingerprint density at radius 3 is 2.30 bits per heavy atom. The maximum atomic E-state index is 12.7. The lowest BCUT2D eigenvalue weighted by Gasteiger charge is -2.11. The molecule has 4 N–H and O–H groups in total. The minimum atomic E-state index is -4.77. The number of nitrogens with zero attached hydrogens (tertiary/aromatic N) is 2. The Balaban J connectivity index is 1.14. The first-order valence-electron chi connectivity index (χ1n) is 14.2. The molecule has 4 rings (SSSR count). The molecule has 1 aromatic heterocycles. The van der Waals surface area contributed by atoms with Crippen LogP contribution in [0.2, 0.25) is 0 Å². The molecule has 4 aromatic rings. The average Bonchev–Trinajstić information content (AvgIpc) is 3.02. The van der Waals surface area contributed by atoms with Gasteiger partial charge in [0, 0.05) is 29.4 Å². The number of ether oxygens (including phenoxy) is 4. The highest BCUT2D eigenvalue weighted by molar-refractivity contribution is 6.59. The Kier molecular flexibility index (Phi) is 12.3. The predicted octanol–water partition coefficient (Wildman–Crippen LogP) is 3.62. The van der Waals surface area contributed by atoms with Crippen LogP contribution in [0.15, 0.2) is 79.1 Å². The van der Waals surface area contributed by atoms with E-state index >= 15 is 0 Å². The van der Waals surface area contributed by atoms with Crippen molar-refractivity contribution in [2.75, 3.05) is 44.9 Å². The Labute approximate surface area is 263 Å². The molecule has 0 saturated heterocycles. The summed E-state index contributed by atoms with van der Waals surface area (Å²) in [4.78, 5) is 21.1. The zero-order valence-electron chi connectivity index (χ0n) is 24.8. The molecule has 0 aliphatic heterocycles. The summed E-state index contributed by atoms with van der Waals surface area (Å²) in [5.74, 6) is 0.386. The van der Waals surface area contributed by atoms with Crippen LogP contribution in [0.25, 0.3) is 11.3 Å². The number of carbonyl (C=O) groups excluding carboxylic acids is 1. The van der Waals surface area contributed by atoms with Gasteiger partial charge in [0.25, 0.3) is 5.91 Å². The smallest absolute Gasteiger partial charge is 0.491 e. The summed E-state index contributed by atoms with van der Waals surface area (Å²) in [7, 11) is -1.53. The number of nitrogens with one attached hydrogen (secondary N) is 2. The molecular weight excluding hydrogens is 608 g/mol. The van der Waals surface area contributed by atoms with Crippen molar-refractivity contribution in [1.29, 1.82) is 0 Å². The molecule has 242 valence electrons. The van der Waals surface area contributed by atoms with Crippen LogP contribution >= 0.6 is 0 Å². The average molecular weight is 640 g/mol. The Morgan fingerprint density at radius 1 is 0.870 bits per heavy atom. The fourth-order valence-electron chi connectivity index (χ4n) is 4.20. The summed E-state index contributed by atoms with van der Waals surface area (Å²) in [6, 6.07) is 18.7. The first-order chi connectivity index (χ1) is 22.1. The molecule has 3 aromatic carbocycles. The molecule has 11 nitrogen and oxygen atoms in total. The third kappa shape index (κ3) is 11.0. The summed E-state index contributed by atoms with van der Waals surface area (Å²) in [6.07, 6.45) is -3.43. The third-order valence-corrected chi connectivity index (χ3v) is 6.37. The van der Waals surface area contributed by atoms with Crippen molar-refractivity contribution < 1.29 is 47.0 Å². The molecule has 0 fully saturated rings. The van der Waals surface area contributed by atoms with Crippen LogP contribution in [0.1, 0.15) is 15.9 Å². The van der Waals surface area contributed by atoms with Crippen LogP contribution in [0, 0.1) is 6.92 Å². The highest BCUT2D eigenvalue weighted by Gasteiger charge is 2.31. The van der Waals surface area contributed by atoms with E-state index in [1.54, 1.807) is 55.5 Å². The van der Waals surface area contributed by atoms with E-state index in [0.717, 1.165) is 0 Å². The number of amides is 1. The minimum absolute atomic E-state index is 0.288. The normalized spacial score (nSPS) is 11.2. The van der Waals surface area contributed by atoms with Gasteiger partial charge in [0.1, 0.15) is 30.3 Å². The summed E-state index contributed by atoms with van der Waals surface area (Å²) in [5, 5.41) is 24.4. The van der Waals surface area contributed by atoms with E-state index in [1.807, 2.05) is 0 Å². The molecule has 0 unspecified atom stereocenters.